The number of fused-ring (bicyclic) bond motifs is 1. The van der Waals surface area contributed by atoms with Crippen LogP contribution in [0.1, 0.15) is 61.4 Å². The number of aryl methyl sites for hydroxylation is 1. The minimum Gasteiger partial charge on any atom is -0.456 e. The first-order chi connectivity index (χ1) is 13.6. The van der Waals surface area contributed by atoms with Gasteiger partial charge in [0.2, 0.25) is 17.6 Å². The molecule has 7 heteroatoms. The quantitative estimate of drug-likeness (QED) is 0.317. The molecule has 0 unspecified atom stereocenters. The zero-order chi connectivity index (χ0) is 21.5. The van der Waals surface area contributed by atoms with Crippen molar-refractivity contribution in [2.45, 2.75) is 59.5 Å². The lowest BCUT2D eigenvalue weighted by atomic mass is 9.85. The third-order valence-corrected chi connectivity index (χ3v) is 5.92. The molecule has 3 atom stereocenters. The van der Waals surface area contributed by atoms with E-state index in [4.69, 9.17) is 4.74 Å². The van der Waals surface area contributed by atoms with Crippen LogP contribution in [0.5, 0.6) is 0 Å². The number of carbonyl (C=O) groups is 4. The smallest absolute Gasteiger partial charge is 0.329 e. The Kier molecular flexibility index (Phi) is 5.78. The molecular formula is C22H28N2O5. The predicted octanol–water partition coefficient (Wildman–Crippen LogP) is 2.75. The maximum Gasteiger partial charge on any atom is 0.329 e. The topological polar surface area (TPSA) is 85.7 Å². The lowest BCUT2D eigenvalue weighted by Gasteiger charge is -2.21. The van der Waals surface area contributed by atoms with Gasteiger partial charge < -0.3 is 9.30 Å². The summed E-state index contributed by atoms with van der Waals surface area (Å²) in [7, 11) is 0. The Morgan fingerprint density at radius 2 is 1.62 bits per heavy atom. The number of nitrogens with zero attached hydrogens (tertiary/aromatic N) is 2. The maximum atomic E-state index is 12.6. The Morgan fingerprint density at radius 1 is 1.07 bits per heavy atom. The largest absolute Gasteiger partial charge is 0.456 e. The van der Waals surface area contributed by atoms with Gasteiger partial charge in [-0.2, -0.15) is 0 Å². The molecule has 7 nitrogen and oxygen atoms in total. The SMILES string of the molecule is Cc1cc(C(=O)COC(=O)[C@H](C)N2C(=O)[C@@H]3CC=CC[C@H]3C2=O)c(C)n1C(C)C. The van der Waals surface area contributed by atoms with Crippen molar-refractivity contribution >= 4 is 23.6 Å². The third-order valence-electron chi connectivity index (χ3n) is 5.92. The van der Waals surface area contributed by atoms with E-state index in [9.17, 15) is 19.2 Å². The minimum atomic E-state index is -1.04. The van der Waals surface area contributed by atoms with Crippen molar-refractivity contribution in [1.82, 2.24) is 9.47 Å². The second-order valence-electron chi connectivity index (χ2n) is 8.16. The molecule has 1 saturated heterocycles. The highest BCUT2D eigenvalue weighted by Crippen LogP contribution is 2.36. The van der Waals surface area contributed by atoms with Crippen molar-refractivity contribution in [2.24, 2.45) is 11.8 Å². The first-order valence-corrected chi connectivity index (χ1v) is 10.0. The van der Waals surface area contributed by atoms with E-state index in [0.29, 0.717) is 18.4 Å². The number of ether oxygens (including phenoxy) is 1. The van der Waals surface area contributed by atoms with Gasteiger partial charge in [0.1, 0.15) is 6.04 Å². The van der Waals surface area contributed by atoms with Gasteiger partial charge in [-0.15, -0.1) is 0 Å². The van der Waals surface area contributed by atoms with Crippen LogP contribution in [0, 0.1) is 25.7 Å². The minimum absolute atomic E-state index is 0.212. The molecule has 1 aliphatic heterocycles. The van der Waals surface area contributed by atoms with E-state index in [1.165, 1.54) is 6.92 Å². The fraction of sp³-hybridized carbons (Fsp3) is 0.545. The summed E-state index contributed by atoms with van der Waals surface area (Å²) in [6.07, 6.45) is 4.81. The van der Waals surface area contributed by atoms with Gasteiger partial charge in [-0.05, 0) is 53.5 Å². The molecule has 0 saturated carbocycles. The second kappa shape index (κ2) is 7.97. The van der Waals surface area contributed by atoms with Gasteiger partial charge in [0.15, 0.2) is 6.61 Å². The highest BCUT2D eigenvalue weighted by Gasteiger charge is 2.50. The van der Waals surface area contributed by atoms with Crippen LogP contribution in [0.3, 0.4) is 0 Å². The fourth-order valence-corrected chi connectivity index (χ4v) is 4.50. The highest BCUT2D eigenvalue weighted by molar-refractivity contribution is 6.08. The number of rotatable bonds is 6. The molecule has 1 aliphatic carbocycles. The molecule has 29 heavy (non-hydrogen) atoms. The summed E-state index contributed by atoms with van der Waals surface area (Å²) >= 11 is 0. The Labute approximate surface area is 170 Å². The van der Waals surface area contributed by atoms with Crippen molar-refractivity contribution in [3.8, 4) is 0 Å². The molecule has 1 aromatic heterocycles. The Balaban J connectivity index is 1.65. The van der Waals surface area contributed by atoms with Crippen LogP contribution in [-0.4, -0.2) is 45.7 Å². The van der Waals surface area contributed by atoms with E-state index in [1.807, 2.05) is 39.8 Å². The Morgan fingerprint density at radius 3 is 2.10 bits per heavy atom. The molecule has 2 aliphatic rings. The number of likely N-dealkylation sites (tertiary alicyclic amines) is 1. The average Bonchev–Trinajstić information content (AvgIpc) is 3.12. The van der Waals surface area contributed by atoms with Gasteiger partial charge in [-0.25, -0.2) is 4.79 Å². The molecule has 0 spiro atoms. The van der Waals surface area contributed by atoms with E-state index < -0.39 is 30.5 Å². The van der Waals surface area contributed by atoms with Crippen LogP contribution < -0.4 is 0 Å². The first kappa shape index (κ1) is 21.0. The predicted molar refractivity (Wildman–Crippen MR) is 106 cm³/mol. The fourth-order valence-electron chi connectivity index (χ4n) is 4.50. The van der Waals surface area contributed by atoms with E-state index in [-0.39, 0.29) is 23.6 Å². The van der Waals surface area contributed by atoms with Gasteiger partial charge in [-0.3, -0.25) is 19.3 Å². The Bertz CT molecular complexity index is 869. The van der Waals surface area contributed by atoms with Gasteiger partial charge in [0, 0.05) is 23.0 Å². The number of hydrogen-bond acceptors (Lipinski definition) is 5. The molecule has 0 N–H and O–H groups in total. The number of imide groups is 1. The summed E-state index contributed by atoms with van der Waals surface area (Å²) < 4.78 is 7.24. The molecule has 0 aromatic carbocycles. The molecule has 2 amide bonds. The number of Topliss-reactive ketones (excluding diaryl/α,β-unsaturated/α-hetero) is 1. The molecule has 1 fully saturated rings. The molecule has 0 bridgehead atoms. The van der Waals surface area contributed by atoms with Crippen LogP contribution in [0.4, 0.5) is 0 Å². The number of aromatic nitrogens is 1. The molecule has 0 radical (unpaired) electrons. The Hall–Kier alpha value is -2.70. The number of hydrogen-bond donors (Lipinski definition) is 0. The lowest BCUT2D eigenvalue weighted by Crippen LogP contribution is -2.44. The zero-order valence-electron chi connectivity index (χ0n) is 17.6. The maximum absolute atomic E-state index is 12.6. The normalized spacial score (nSPS) is 22.2. The standard InChI is InChI=1S/C22H28N2O5/c1-12(2)23-13(3)10-18(14(23)4)19(25)11-29-22(28)15(5)24-20(26)16-8-6-7-9-17(16)21(24)27/h6-7,10,12,15-17H,8-9,11H2,1-5H3/t15-,16+,17+/m0/s1. The van der Waals surface area contributed by atoms with Crippen molar-refractivity contribution in [2.75, 3.05) is 6.61 Å². The third kappa shape index (κ3) is 3.66. The number of amides is 2. The van der Waals surface area contributed by atoms with Gasteiger partial charge in [-0.1, -0.05) is 12.2 Å². The van der Waals surface area contributed by atoms with E-state index in [2.05, 4.69) is 4.57 Å². The molecule has 2 heterocycles. The van der Waals surface area contributed by atoms with Crippen molar-refractivity contribution in [1.29, 1.82) is 0 Å². The summed E-state index contributed by atoms with van der Waals surface area (Å²) in [6.45, 7) is 8.91. The zero-order valence-corrected chi connectivity index (χ0v) is 17.6. The summed E-state index contributed by atoms with van der Waals surface area (Å²) in [5.74, 6) is -2.51. The van der Waals surface area contributed by atoms with Crippen LogP contribution >= 0.6 is 0 Å². The molecule has 156 valence electrons. The van der Waals surface area contributed by atoms with E-state index in [1.54, 1.807) is 6.07 Å². The van der Waals surface area contributed by atoms with Crippen molar-refractivity contribution in [3.05, 3.63) is 35.2 Å². The van der Waals surface area contributed by atoms with E-state index in [0.717, 1.165) is 16.3 Å². The average molecular weight is 400 g/mol. The van der Waals surface area contributed by atoms with Crippen LogP contribution in [-0.2, 0) is 19.1 Å². The molecular weight excluding hydrogens is 372 g/mol. The van der Waals surface area contributed by atoms with Gasteiger partial charge >= 0.3 is 5.97 Å². The van der Waals surface area contributed by atoms with Gasteiger partial charge in [0.25, 0.3) is 0 Å². The van der Waals surface area contributed by atoms with Gasteiger partial charge in [0.05, 0.1) is 11.8 Å². The molecule has 3 rings (SSSR count). The van der Waals surface area contributed by atoms with Crippen LogP contribution in [0.15, 0.2) is 18.2 Å². The number of carbonyl (C=O) groups excluding carboxylic acids is 4. The summed E-state index contributed by atoms with van der Waals surface area (Å²) in [6, 6.07) is 0.959. The summed E-state index contributed by atoms with van der Waals surface area (Å²) in [5.41, 5.74) is 2.31. The van der Waals surface area contributed by atoms with Crippen LogP contribution in [0.25, 0.3) is 0 Å². The number of esters is 1. The lowest BCUT2D eigenvalue weighted by molar-refractivity contribution is -0.157. The first-order valence-electron chi connectivity index (χ1n) is 10.0. The highest BCUT2D eigenvalue weighted by atomic mass is 16.5. The number of allylic oxidation sites excluding steroid dienone is 2. The number of ketones is 1. The van der Waals surface area contributed by atoms with Crippen LogP contribution in [0.2, 0.25) is 0 Å². The summed E-state index contributed by atoms with van der Waals surface area (Å²) in [4.78, 5) is 51.3. The van der Waals surface area contributed by atoms with Crippen molar-refractivity contribution < 1.29 is 23.9 Å². The molecule has 1 aromatic rings. The van der Waals surface area contributed by atoms with Crippen molar-refractivity contribution in [3.63, 3.8) is 0 Å². The summed E-state index contributed by atoms with van der Waals surface area (Å²) in [5, 5.41) is 0. The monoisotopic (exact) mass is 400 g/mol. The van der Waals surface area contributed by atoms with E-state index >= 15 is 0 Å². The second-order valence-corrected chi connectivity index (χ2v) is 8.16.